The molecule has 0 amide bonds. The summed E-state index contributed by atoms with van der Waals surface area (Å²) in [5.41, 5.74) is 0. The van der Waals surface area contributed by atoms with Crippen LogP contribution in [-0.2, 0) is 42.9 Å². The Kier molecular flexibility index (Phi) is 49.5. The fourth-order valence-corrected chi connectivity index (χ4v) is 8.59. The first-order chi connectivity index (χ1) is 38.6. The monoisotopic (exact) mass is 1100 g/mol. The maximum atomic E-state index is 13.1. The maximum absolute atomic E-state index is 13.1. The van der Waals surface area contributed by atoms with Gasteiger partial charge in [-0.05, 0) is 116 Å². The number of unbranched alkanes of at least 4 members (excludes halogenated alkanes) is 19. The summed E-state index contributed by atoms with van der Waals surface area (Å²) in [5, 5.41) is 31.5. The highest BCUT2D eigenvalue weighted by Gasteiger charge is 2.50. The Morgan fingerprint density at radius 3 is 1.30 bits per heavy atom. The van der Waals surface area contributed by atoms with E-state index in [1.54, 1.807) is 0 Å². The predicted molar refractivity (Wildman–Crippen MR) is 321 cm³/mol. The Balaban J connectivity index is 2.73. The number of carbonyl (C=O) groups excluding carboxylic acids is 3. The van der Waals surface area contributed by atoms with Gasteiger partial charge >= 0.3 is 23.9 Å². The van der Waals surface area contributed by atoms with Gasteiger partial charge in [-0.2, -0.15) is 0 Å². The summed E-state index contributed by atoms with van der Waals surface area (Å²) < 4.78 is 28.4. The molecule has 448 valence electrons. The maximum Gasteiger partial charge on any atom is 0.335 e. The number of allylic oxidation sites excluding steroid dienone is 18. The predicted octanol–water partition coefficient (Wildman–Crippen LogP) is 16.2. The molecule has 0 saturated carbocycles. The van der Waals surface area contributed by atoms with Gasteiger partial charge in [-0.3, -0.25) is 14.4 Å². The largest absolute Gasteiger partial charge is 0.479 e. The van der Waals surface area contributed by atoms with E-state index < -0.39 is 67.3 Å². The summed E-state index contributed by atoms with van der Waals surface area (Å²) in [6, 6.07) is 0. The van der Waals surface area contributed by atoms with E-state index in [0.29, 0.717) is 19.3 Å². The summed E-state index contributed by atoms with van der Waals surface area (Å²) in [6.07, 6.45) is 60.6. The molecule has 1 fully saturated rings. The summed E-state index contributed by atoms with van der Waals surface area (Å²) >= 11 is 0. The lowest BCUT2D eigenvalue weighted by atomic mass is 9.98. The van der Waals surface area contributed by atoms with Crippen LogP contribution in [0.1, 0.15) is 239 Å². The number of carbonyl (C=O) groups is 4. The van der Waals surface area contributed by atoms with Crippen LogP contribution < -0.4 is 0 Å². The highest BCUT2D eigenvalue weighted by molar-refractivity contribution is 5.74. The molecule has 1 rings (SSSR count). The number of aliphatic carboxylic acids is 1. The standard InChI is InChI=1S/C67H108O12/c1-4-7-10-13-16-19-22-25-27-29-30-32-33-36-38-41-44-47-50-53-59(68)75-56-58(77-60(69)54-51-48-45-42-39-35-24-21-18-15-12-9-6-3)57-76-67-65(63(72)62(71)64(79-67)66(73)74)78-61(70)55-52-49-46-43-40-37-34-31-28-26-23-20-17-14-11-8-5-2/h7,10,16-17,19-21,24-28,30,32,36,38,44,47,58,62-65,67,71-72H,4-6,8-9,11-15,18,22-23,29,31,33-35,37,39-43,45-46,48-57H2,1-3H3,(H,73,74)/b10-7-,19-16-,20-17-,24-21-,27-25-,28-26-,32-30-,38-36-,47-44-. The average Bonchev–Trinajstić information content (AvgIpc) is 3.47. The van der Waals surface area contributed by atoms with Gasteiger partial charge in [-0.25, -0.2) is 4.79 Å². The highest BCUT2D eigenvalue weighted by Crippen LogP contribution is 2.26. The van der Waals surface area contributed by atoms with Gasteiger partial charge in [-0.15, -0.1) is 0 Å². The number of aliphatic hydroxyl groups is 2. The van der Waals surface area contributed by atoms with Crippen LogP contribution in [0.15, 0.2) is 109 Å². The topological polar surface area (TPSA) is 175 Å². The van der Waals surface area contributed by atoms with Crippen molar-refractivity contribution in [2.45, 2.75) is 276 Å². The fraction of sp³-hybridized carbons (Fsp3) is 0.672. The van der Waals surface area contributed by atoms with Crippen LogP contribution in [-0.4, -0.2) is 89.2 Å². The van der Waals surface area contributed by atoms with E-state index in [1.807, 2.05) is 12.2 Å². The Labute approximate surface area is 478 Å². The molecule has 0 radical (unpaired) electrons. The van der Waals surface area contributed by atoms with Crippen molar-refractivity contribution in [3.63, 3.8) is 0 Å². The molecule has 6 unspecified atom stereocenters. The molecule has 6 atom stereocenters. The molecule has 1 aliphatic heterocycles. The van der Waals surface area contributed by atoms with Gasteiger partial charge in [0.15, 0.2) is 24.6 Å². The van der Waals surface area contributed by atoms with E-state index in [9.17, 15) is 34.5 Å². The van der Waals surface area contributed by atoms with Crippen LogP contribution in [0, 0.1) is 0 Å². The molecule has 12 heteroatoms. The van der Waals surface area contributed by atoms with Gasteiger partial charge in [0.25, 0.3) is 0 Å². The van der Waals surface area contributed by atoms with E-state index in [4.69, 9.17) is 23.7 Å². The molecule has 1 aliphatic rings. The summed E-state index contributed by atoms with van der Waals surface area (Å²) in [7, 11) is 0. The second-order valence-electron chi connectivity index (χ2n) is 20.6. The number of esters is 3. The van der Waals surface area contributed by atoms with E-state index >= 15 is 0 Å². The molecule has 0 spiro atoms. The van der Waals surface area contributed by atoms with Crippen LogP contribution >= 0.6 is 0 Å². The normalized spacial score (nSPS) is 18.6. The molecule has 79 heavy (non-hydrogen) atoms. The zero-order valence-corrected chi connectivity index (χ0v) is 49.3. The van der Waals surface area contributed by atoms with Crippen LogP contribution in [0.2, 0.25) is 0 Å². The number of aliphatic hydroxyl groups excluding tert-OH is 2. The first kappa shape index (κ1) is 72.4. The van der Waals surface area contributed by atoms with E-state index in [1.165, 1.54) is 44.9 Å². The van der Waals surface area contributed by atoms with Crippen molar-refractivity contribution >= 4 is 23.9 Å². The highest BCUT2D eigenvalue weighted by atomic mass is 16.7. The fourth-order valence-electron chi connectivity index (χ4n) is 8.59. The average molecular weight is 1110 g/mol. The van der Waals surface area contributed by atoms with E-state index in [2.05, 4.69) is 118 Å². The first-order valence-electron chi connectivity index (χ1n) is 30.9. The molecule has 0 bridgehead atoms. The van der Waals surface area contributed by atoms with Gasteiger partial charge in [0.05, 0.1) is 6.61 Å². The second-order valence-corrected chi connectivity index (χ2v) is 20.6. The lowest BCUT2D eigenvalue weighted by Crippen LogP contribution is -2.61. The number of rotatable bonds is 51. The van der Waals surface area contributed by atoms with Crippen molar-refractivity contribution in [2.24, 2.45) is 0 Å². The minimum atomic E-state index is -1.92. The van der Waals surface area contributed by atoms with Crippen LogP contribution in [0.25, 0.3) is 0 Å². The van der Waals surface area contributed by atoms with Crippen molar-refractivity contribution in [1.29, 1.82) is 0 Å². The summed E-state index contributed by atoms with van der Waals surface area (Å²) in [6.45, 7) is 5.76. The van der Waals surface area contributed by atoms with E-state index in [-0.39, 0.29) is 25.9 Å². The molecule has 0 aromatic heterocycles. The molecule has 12 nitrogen and oxygen atoms in total. The lowest BCUT2D eigenvalue weighted by molar-refractivity contribution is -0.301. The third-order valence-corrected chi connectivity index (χ3v) is 13.3. The van der Waals surface area contributed by atoms with Crippen molar-refractivity contribution < 1.29 is 58.2 Å². The smallest absolute Gasteiger partial charge is 0.335 e. The molecular weight excluding hydrogens is 997 g/mol. The second kappa shape index (κ2) is 54.0. The summed E-state index contributed by atoms with van der Waals surface area (Å²) in [5.74, 6) is -3.26. The molecule has 1 heterocycles. The molecule has 0 aromatic carbocycles. The van der Waals surface area contributed by atoms with Crippen molar-refractivity contribution in [3.05, 3.63) is 109 Å². The number of hydrogen-bond acceptors (Lipinski definition) is 11. The third kappa shape index (κ3) is 43.8. The van der Waals surface area contributed by atoms with Crippen LogP contribution in [0.5, 0.6) is 0 Å². The number of carboxylic acids is 1. The quantitative estimate of drug-likeness (QED) is 0.0228. The Hall–Kier alpha value is -4.62. The Morgan fingerprint density at radius 1 is 0.430 bits per heavy atom. The SMILES string of the molecule is CC/C=C\C/C=C\C/C=C\C/C=C\C/C=C\C/C=C\CCC(=O)OCC(COC1OC(C(=O)O)C(O)C(O)C1OC(=O)CCCCCCCCC/C=C\C/C=C\CCCCC)OC(=O)CCCCCCC/C=C\CCCCCC. The van der Waals surface area contributed by atoms with Gasteiger partial charge < -0.3 is 39.0 Å². The molecule has 0 aliphatic carbocycles. The van der Waals surface area contributed by atoms with Crippen LogP contribution in [0.3, 0.4) is 0 Å². The minimum Gasteiger partial charge on any atom is -0.479 e. The Morgan fingerprint density at radius 2 is 0.823 bits per heavy atom. The first-order valence-corrected chi connectivity index (χ1v) is 30.9. The van der Waals surface area contributed by atoms with E-state index in [0.717, 1.165) is 135 Å². The minimum absolute atomic E-state index is 0.0389. The zero-order valence-electron chi connectivity index (χ0n) is 49.3. The van der Waals surface area contributed by atoms with Crippen molar-refractivity contribution in [2.75, 3.05) is 13.2 Å². The zero-order chi connectivity index (χ0) is 57.5. The molecular formula is C67H108O12. The van der Waals surface area contributed by atoms with Crippen molar-refractivity contribution in [1.82, 2.24) is 0 Å². The van der Waals surface area contributed by atoms with Gasteiger partial charge in [0.1, 0.15) is 18.8 Å². The van der Waals surface area contributed by atoms with Gasteiger partial charge in [-0.1, -0.05) is 214 Å². The summed E-state index contributed by atoms with van der Waals surface area (Å²) in [4.78, 5) is 51.2. The number of carboxylic acid groups (broad SMARTS) is 1. The van der Waals surface area contributed by atoms with Gasteiger partial charge in [0, 0.05) is 19.3 Å². The molecule has 0 aromatic rings. The van der Waals surface area contributed by atoms with Gasteiger partial charge in [0.2, 0.25) is 0 Å². The lowest BCUT2D eigenvalue weighted by Gasteiger charge is -2.40. The molecule has 1 saturated heterocycles. The number of hydrogen-bond donors (Lipinski definition) is 3. The Bertz CT molecular complexity index is 1790. The number of ether oxygens (including phenoxy) is 5. The molecule has 3 N–H and O–H groups in total. The van der Waals surface area contributed by atoms with Crippen molar-refractivity contribution in [3.8, 4) is 0 Å². The third-order valence-electron chi connectivity index (χ3n) is 13.3. The van der Waals surface area contributed by atoms with Crippen LogP contribution in [0.4, 0.5) is 0 Å².